The molecule has 0 fully saturated rings. The molecule has 2 rings (SSSR count). The molecule has 9 heteroatoms. The van der Waals surface area contributed by atoms with E-state index in [4.69, 9.17) is 5.11 Å². The van der Waals surface area contributed by atoms with Crippen molar-refractivity contribution in [1.82, 2.24) is 29.8 Å². The van der Waals surface area contributed by atoms with E-state index in [9.17, 15) is 4.79 Å². The molecule has 0 saturated heterocycles. The van der Waals surface area contributed by atoms with Gasteiger partial charge < -0.3 is 5.11 Å². The van der Waals surface area contributed by atoms with Crippen LogP contribution in [0.2, 0.25) is 0 Å². The molecule has 90 valence electrons. The van der Waals surface area contributed by atoms with Crippen LogP contribution in [0.4, 0.5) is 0 Å². The predicted molar refractivity (Wildman–Crippen MR) is 58.4 cm³/mol. The number of aliphatic carboxylic acids is 1. The van der Waals surface area contributed by atoms with Crippen LogP contribution in [0, 0.1) is 0 Å². The lowest BCUT2D eigenvalue weighted by atomic mass is 10.3. The van der Waals surface area contributed by atoms with E-state index in [-0.39, 0.29) is 13.0 Å². The monoisotopic (exact) mass is 254 g/mol. The van der Waals surface area contributed by atoms with Gasteiger partial charge in [-0.2, -0.15) is 0 Å². The molecular formula is C8H10N6O2S. The Bertz CT molecular complexity index is 522. The molecule has 8 nitrogen and oxygen atoms in total. The largest absolute Gasteiger partial charge is 0.481 e. The minimum atomic E-state index is -0.885. The third-order valence-corrected chi connectivity index (χ3v) is 2.93. The van der Waals surface area contributed by atoms with Crippen LogP contribution in [0.15, 0.2) is 0 Å². The summed E-state index contributed by atoms with van der Waals surface area (Å²) in [6.07, 6.45) is 0.712. The lowest BCUT2D eigenvalue weighted by molar-refractivity contribution is -0.137. The van der Waals surface area contributed by atoms with Crippen LogP contribution in [0.1, 0.15) is 19.0 Å². The zero-order chi connectivity index (χ0) is 12.3. The van der Waals surface area contributed by atoms with Gasteiger partial charge >= 0.3 is 5.97 Å². The fourth-order valence-electron chi connectivity index (χ4n) is 1.33. The number of carbonyl (C=O) groups is 1. The third kappa shape index (κ3) is 2.44. The first kappa shape index (κ1) is 11.6. The maximum atomic E-state index is 10.5. The Labute approximate surface area is 100 Å². The number of carboxylic acid groups (broad SMARTS) is 1. The van der Waals surface area contributed by atoms with Crippen molar-refractivity contribution in [2.45, 2.75) is 26.3 Å². The quantitative estimate of drug-likeness (QED) is 0.813. The number of nitrogens with zero attached hydrogens (tertiary/aromatic N) is 6. The molecule has 0 saturated carbocycles. The number of aryl methyl sites for hydroxylation is 2. The van der Waals surface area contributed by atoms with Gasteiger partial charge in [0.05, 0.1) is 18.7 Å². The van der Waals surface area contributed by atoms with E-state index < -0.39 is 5.97 Å². The van der Waals surface area contributed by atoms with Gasteiger partial charge in [-0.1, -0.05) is 11.4 Å². The summed E-state index contributed by atoms with van der Waals surface area (Å²) in [7, 11) is 0. The number of hydrogen-bond donors (Lipinski definition) is 1. The topological polar surface area (TPSA) is 107 Å². The van der Waals surface area contributed by atoms with Gasteiger partial charge in [-0.15, -0.1) is 10.2 Å². The molecule has 0 atom stereocenters. The number of rotatable bonds is 5. The van der Waals surface area contributed by atoms with Crippen LogP contribution in [0.25, 0.3) is 10.7 Å². The van der Waals surface area contributed by atoms with E-state index >= 15 is 0 Å². The van der Waals surface area contributed by atoms with Crippen LogP contribution in [0.5, 0.6) is 0 Å². The average molecular weight is 254 g/mol. The maximum Gasteiger partial charge on any atom is 0.305 e. The molecule has 17 heavy (non-hydrogen) atoms. The smallest absolute Gasteiger partial charge is 0.305 e. The van der Waals surface area contributed by atoms with Crippen molar-refractivity contribution in [1.29, 1.82) is 0 Å². The Kier molecular flexibility index (Phi) is 3.38. The average Bonchev–Trinajstić information content (AvgIpc) is 2.93. The molecular weight excluding hydrogens is 244 g/mol. The zero-order valence-electron chi connectivity index (χ0n) is 9.07. The molecule has 0 aliphatic heterocycles. The van der Waals surface area contributed by atoms with Crippen molar-refractivity contribution < 1.29 is 9.90 Å². The molecule has 1 N–H and O–H groups in total. The molecule has 0 radical (unpaired) electrons. The first-order valence-electron chi connectivity index (χ1n) is 5.02. The lowest BCUT2D eigenvalue weighted by Crippen LogP contribution is -2.07. The highest BCUT2D eigenvalue weighted by molar-refractivity contribution is 7.09. The molecule has 2 aromatic rings. The summed E-state index contributed by atoms with van der Waals surface area (Å²) in [5.74, 6) is -0.359. The van der Waals surface area contributed by atoms with Crippen LogP contribution in [-0.2, 0) is 17.8 Å². The fourth-order valence-corrected chi connectivity index (χ4v) is 2.07. The molecule has 0 aliphatic carbocycles. The van der Waals surface area contributed by atoms with E-state index in [0.29, 0.717) is 5.82 Å². The number of hydrogen-bond acceptors (Lipinski definition) is 7. The normalized spacial score (nSPS) is 10.6. The fraction of sp³-hybridized carbons (Fsp3) is 0.500. The number of tetrazole rings is 1. The molecule has 2 aromatic heterocycles. The molecule has 0 aromatic carbocycles. The SMILES string of the molecule is CCc1nnsc1-c1nnnn1CCC(=O)O. The van der Waals surface area contributed by atoms with E-state index in [1.54, 1.807) is 0 Å². The van der Waals surface area contributed by atoms with Gasteiger partial charge in [0.1, 0.15) is 4.88 Å². The Morgan fingerprint density at radius 2 is 2.29 bits per heavy atom. The van der Waals surface area contributed by atoms with Crippen molar-refractivity contribution in [2.75, 3.05) is 0 Å². The summed E-state index contributed by atoms with van der Waals surface area (Å²) < 4.78 is 5.31. The molecule has 0 unspecified atom stereocenters. The highest BCUT2D eigenvalue weighted by Crippen LogP contribution is 2.23. The maximum absolute atomic E-state index is 10.5. The Hall–Kier alpha value is -1.90. The number of aromatic nitrogens is 6. The third-order valence-electron chi connectivity index (χ3n) is 2.16. The first-order valence-corrected chi connectivity index (χ1v) is 5.79. The molecule has 0 spiro atoms. The Balaban J connectivity index is 2.27. The minimum Gasteiger partial charge on any atom is -0.481 e. The van der Waals surface area contributed by atoms with E-state index in [0.717, 1.165) is 17.0 Å². The van der Waals surface area contributed by atoms with Crippen LogP contribution in [-0.4, -0.2) is 40.9 Å². The summed E-state index contributed by atoms with van der Waals surface area (Å²) in [4.78, 5) is 11.3. The molecule has 0 bridgehead atoms. The molecule has 2 heterocycles. The summed E-state index contributed by atoms with van der Waals surface area (Å²) >= 11 is 1.21. The van der Waals surface area contributed by atoms with Gasteiger partial charge in [-0.05, 0) is 28.4 Å². The predicted octanol–water partition coefficient (Wildman–Crippen LogP) is 0.229. The van der Waals surface area contributed by atoms with Crippen molar-refractivity contribution in [2.24, 2.45) is 0 Å². The van der Waals surface area contributed by atoms with Crippen molar-refractivity contribution in [3.05, 3.63) is 5.69 Å². The van der Waals surface area contributed by atoms with Gasteiger partial charge in [0.2, 0.25) is 0 Å². The number of carboxylic acids is 1. The molecule has 0 amide bonds. The summed E-state index contributed by atoms with van der Waals surface area (Å²) in [5, 5.41) is 23.8. The zero-order valence-corrected chi connectivity index (χ0v) is 9.88. The van der Waals surface area contributed by atoms with E-state index in [2.05, 4.69) is 25.1 Å². The second kappa shape index (κ2) is 4.95. The summed E-state index contributed by atoms with van der Waals surface area (Å²) in [5.41, 5.74) is 0.821. The first-order chi connectivity index (χ1) is 8.22. The van der Waals surface area contributed by atoms with Gasteiger partial charge in [0.25, 0.3) is 0 Å². The van der Waals surface area contributed by atoms with Gasteiger partial charge in [-0.25, -0.2) is 4.68 Å². The second-order valence-corrected chi connectivity index (χ2v) is 4.03. The second-order valence-electron chi connectivity index (χ2n) is 3.27. The van der Waals surface area contributed by atoms with Gasteiger partial charge in [0.15, 0.2) is 5.82 Å². The standard InChI is InChI=1S/C8H10N6O2S/c1-2-5-7(17-13-9-5)8-10-11-12-14(8)4-3-6(15)16/h2-4H2,1H3,(H,15,16). The summed E-state index contributed by atoms with van der Waals surface area (Å²) in [6.45, 7) is 2.20. The van der Waals surface area contributed by atoms with Gasteiger partial charge in [-0.3, -0.25) is 4.79 Å². The van der Waals surface area contributed by atoms with Crippen molar-refractivity contribution in [3.8, 4) is 10.7 Å². The molecule has 0 aliphatic rings. The Morgan fingerprint density at radius 3 is 3.00 bits per heavy atom. The summed E-state index contributed by atoms with van der Waals surface area (Å²) in [6, 6.07) is 0. The van der Waals surface area contributed by atoms with Crippen LogP contribution >= 0.6 is 11.5 Å². The van der Waals surface area contributed by atoms with E-state index in [1.807, 2.05) is 6.92 Å². The van der Waals surface area contributed by atoms with Crippen molar-refractivity contribution >= 4 is 17.5 Å². The van der Waals surface area contributed by atoms with E-state index in [1.165, 1.54) is 16.2 Å². The highest BCUT2D eigenvalue weighted by atomic mass is 32.1. The van der Waals surface area contributed by atoms with Gasteiger partial charge in [0, 0.05) is 0 Å². The van der Waals surface area contributed by atoms with Crippen molar-refractivity contribution in [3.63, 3.8) is 0 Å². The van der Waals surface area contributed by atoms with Crippen LogP contribution < -0.4 is 0 Å². The lowest BCUT2D eigenvalue weighted by Gasteiger charge is -2.00. The minimum absolute atomic E-state index is 0.0221. The highest BCUT2D eigenvalue weighted by Gasteiger charge is 2.16. The Morgan fingerprint density at radius 1 is 1.47 bits per heavy atom. The van der Waals surface area contributed by atoms with Crippen LogP contribution in [0.3, 0.4) is 0 Å².